The number of hydrogen-bond acceptors (Lipinski definition) is 3. The van der Waals surface area contributed by atoms with Gasteiger partial charge in [0.2, 0.25) is 0 Å². The van der Waals surface area contributed by atoms with E-state index in [-0.39, 0.29) is 5.69 Å². The van der Waals surface area contributed by atoms with Crippen LogP contribution in [0.15, 0.2) is 22.1 Å². The lowest BCUT2D eigenvalue weighted by molar-refractivity contribution is 0.643. The highest BCUT2D eigenvalue weighted by atomic mass is 16.1. The maximum Gasteiger partial charge on any atom is 0.346 e. The van der Waals surface area contributed by atoms with Gasteiger partial charge in [-0.25, -0.2) is 14.8 Å². The minimum absolute atomic E-state index is 0.386. The van der Waals surface area contributed by atoms with Crippen molar-refractivity contribution in [2.75, 3.05) is 14.1 Å². The minimum atomic E-state index is -0.386. The van der Waals surface area contributed by atoms with Crippen molar-refractivity contribution < 1.29 is 0 Å². The summed E-state index contributed by atoms with van der Waals surface area (Å²) in [4.78, 5) is 23.5. The van der Waals surface area contributed by atoms with Crippen molar-refractivity contribution in [2.45, 2.75) is 19.8 Å². The Bertz CT molecular complexity index is 460. The Balaban J connectivity index is 2.99. The monoisotopic (exact) mass is 234 g/mol. The summed E-state index contributed by atoms with van der Waals surface area (Å²) in [5, 5.41) is 0. The summed E-state index contributed by atoms with van der Waals surface area (Å²) < 4.78 is 0. The third-order valence-corrected chi connectivity index (χ3v) is 1.99. The normalized spacial score (nSPS) is 11.5. The van der Waals surface area contributed by atoms with Gasteiger partial charge in [0.05, 0.1) is 6.34 Å². The predicted octanol–water partition coefficient (Wildman–Crippen LogP) is 1.80. The average molecular weight is 234 g/mol. The molecule has 0 aliphatic carbocycles. The summed E-state index contributed by atoms with van der Waals surface area (Å²) in [7, 11) is 3.74. The lowest BCUT2D eigenvalue weighted by Gasteiger charge is -2.03. The van der Waals surface area contributed by atoms with E-state index in [4.69, 9.17) is 0 Å². The first kappa shape index (κ1) is 13.2. The van der Waals surface area contributed by atoms with Crippen molar-refractivity contribution in [1.82, 2.24) is 14.9 Å². The van der Waals surface area contributed by atoms with Gasteiger partial charge in [-0.05, 0) is 6.42 Å². The molecule has 0 amide bonds. The fraction of sp³-hybridized carbons (Fsp3) is 0.417. The molecule has 0 aliphatic heterocycles. The van der Waals surface area contributed by atoms with E-state index in [1.807, 2.05) is 26.2 Å². The molecule has 0 aliphatic rings. The van der Waals surface area contributed by atoms with Crippen LogP contribution in [0.2, 0.25) is 0 Å². The predicted molar refractivity (Wildman–Crippen MR) is 70.6 cm³/mol. The standard InChI is InChI=1S/C12H18N4O/c1-4-5-6-7-10-8-13-12(17)15-11(10)14-9-16(2)3/h6-9H,4-5H2,1-3H3,(H,13,15,17)/b7-6+,14-9+. The van der Waals surface area contributed by atoms with Crippen molar-refractivity contribution in [3.05, 3.63) is 28.3 Å². The number of aromatic amines is 1. The van der Waals surface area contributed by atoms with Crippen LogP contribution in [0.3, 0.4) is 0 Å². The van der Waals surface area contributed by atoms with Crippen LogP contribution < -0.4 is 5.69 Å². The molecule has 0 atom stereocenters. The zero-order valence-electron chi connectivity index (χ0n) is 10.5. The second-order valence-electron chi connectivity index (χ2n) is 3.89. The Hall–Kier alpha value is -1.91. The van der Waals surface area contributed by atoms with Crippen molar-refractivity contribution in [2.24, 2.45) is 4.99 Å². The molecule has 0 aromatic carbocycles. The number of aromatic nitrogens is 2. The van der Waals surface area contributed by atoms with E-state index in [1.165, 1.54) is 6.20 Å². The smallest absolute Gasteiger partial charge is 0.346 e. The Labute approximate surface area is 101 Å². The quantitative estimate of drug-likeness (QED) is 0.624. The van der Waals surface area contributed by atoms with Crippen LogP contribution in [0.4, 0.5) is 5.82 Å². The SMILES string of the molecule is CCC/C=C/c1cnc(=O)[nH]c1/N=C/N(C)C. The Morgan fingerprint density at radius 2 is 2.29 bits per heavy atom. The summed E-state index contributed by atoms with van der Waals surface area (Å²) in [5.74, 6) is 0.533. The minimum Gasteiger partial charge on any atom is -0.369 e. The number of nitrogens with one attached hydrogen (secondary N) is 1. The number of H-pyrrole nitrogens is 1. The first-order valence-corrected chi connectivity index (χ1v) is 5.60. The van der Waals surface area contributed by atoms with E-state index in [9.17, 15) is 4.79 Å². The Morgan fingerprint density at radius 3 is 2.94 bits per heavy atom. The van der Waals surface area contributed by atoms with Crippen LogP contribution in [0, 0.1) is 0 Å². The molecule has 5 nitrogen and oxygen atoms in total. The van der Waals surface area contributed by atoms with Gasteiger partial charge in [0.25, 0.3) is 0 Å². The summed E-state index contributed by atoms with van der Waals surface area (Å²) in [6.45, 7) is 2.11. The molecule has 1 aromatic heterocycles. The first-order chi connectivity index (χ1) is 8.13. The van der Waals surface area contributed by atoms with Gasteiger partial charge in [0.15, 0.2) is 0 Å². The van der Waals surface area contributed by atoms with E-state index in [0.717, 1.165) is 18.4 Å². The van der Waals surface area contributed by atoms with E-state index in [1.54, 1.807) is 11.2 Å². The molecule has 0 saturated heterocycles. The van der Waals surface area contributed by atoms with Gasteiger partial charge in [-0.15, -0.1) is 0 Å². The second kappa shape index (κ2) is 6.62. The van der Waals surface area contributed by atoms with Gasteiger partial charge in [-0.1, -0.05) is 25.5 Å². The molecule has 5 heteroatoms. The molecule has 17 heavy (non-hydrogen) atoms. The molecule has 0 fully saturated rings. The van der Waals surface area contributed by atoms with Crippen molar-refractivity contribution in [3.63, 3.8) is 0 Å². The van der Waals surface area contributed by atoms with Gasteiger partial charge in [-0.2, -0.15) is 0 Å². The van der Waals surface area contributed by atoms with Gasteiger partial charge in [-0.3, -0.25) is 4.98 Å². The van der Waals surface area contributed by atoms with Gasteiger partial charge in [0.1, 0.15) is 5.82 Å². The number of rotatable bonds is 5. The Kier molecular flexibility index (Phi) is 5.13. The van der Waals surface area contributed by atoms with Crippen molar-refractivity contribution in [1.29, 1.82) is 0 Å². The molecule has 0 radical (unpaired) electrons. The molecule has 92 valence electrons. The molecule has 0 saturated carbocycles. The summed E-state index contributed by atoms with van der Waals surface area (Å²) in [5.41, 5.74) is 0.430. The molecule has 1 rings (SSSR count). The Morgan fingerprint density at radius 1 is 1.53 bits per heavy atom. The van der Waals surface area contributed by atoms with Gasteiger partial charge < -0.3 is 4.90 Å². The highest BCUT2D eigenvalue weighted by molar-refractivity contribution is 5.66. The lowest BCUT2D eigenvalue weighted by Crippen LogP contribution is -2.11. The molecular formula is C12H18N4O. The van der Waals surface area contributed by atoms with Gasteiger partial charge >= 0.3 is 5.69 Å². The van der Waals surface area contributed by atoms with E-state index < -0.39 is 0 Å². The fourth-order valence-corrected chi connectivity index (χ4v) is 1.17. The molecule has 0 spiro atoms. The van der Waals surface area contributed by atoms with Crippen LogP contribution in [-0.4, -0.2) is 35.3 Å². The lowest BCUT2D eigenvalue weighted by atomic mass is 10.2. The number of unbranched alkanes of at least 4 members (excludes halogenated alkanes) is 1. The van der Waals surface area contributed by atoms with Gasteiger partial charge in [0, 0.05) is 25.9 Å². The van der Waals surface area contributed by atoms with Crippen LogP contribution in [0.1, 0.15) is 25.3 Å². The molecule has 1 heterocycles. The largest absolute Gasteiger partial charge is 0.369 e. The summed E-state index contributed by atoms with van der Waals surface area (Å²) >= 11 is 0. The summed E-state index contributed by atoms with van der Waals surface area (Å²) in [6.07, 6.45) is 9.23. The highest BCUT2D eigenvalue weighted by Crippen LogP contribution is 2.14. The number of aliphatic imine (C=N–C) groups is 1. The van der Waals surface area contributed by atoms with E-state index >= 15 is 0 Å². The van der Waals surface area contributed by atoms with E-state index in [0.29, 0.717) is 5.82 Å². The zero-order chi connectivity index (χ0) is 12.7. The average Bonchev–Trinajstić information content (AvgIpc) is 2.29. The maximum absolute atomic E-state index is 11.1. The number of nitrogens with zero attached hydrogens (tertiary/aromatic N) is 3. The van der Waals surface area contributed by atoms with Crippen LogP contribution >= 0.6 is 0 Å². The van der Waals surface area contributed by atoms with Crippen molar-refractivity contribution in [3.8, 4) is 0 Å². The highest BCUT2D eigenvalue weighted by Gasteiger charge is 1.99. The molecule has 0 unspecified atom stereocenters. The molecular weight excluding hydrogens is 216 g/mol. The third-order valence-electron chi connectivity index (χ3n) is 1.99. The topological polar surface area (TPSA) is 61.4 Å². The van der Waals surface area contributed by atoms with Crippen LogP contribution in [0.25, 0.3) is 6.08 Å². The second-order valence-corrected chi connectivity index (χ2v) is 3.89. The fourth-order valence-electron chi connectivity index (χ4n) is 1.17. The summed E-state index contributed by atoms with van der Waals surface area (Å²) in [6, 6.07) is 0. The number of allylic oxidation sites excluding steroid dienone is 1. The van der Waals surface area contributed by atoms with Crippen LogP contribution in [-0.2, 0) is 0 Å². The maximum atomic E-state index is 11.1. The molecule has 1 aromatic rings. The molecule has 1 N–H and O–H groups in total. The first-order valence-electron chi connectivity index (χ1n) is 5.60. The number of hydrogen-bond donors (Lipinski definition) is 1. The van der Waals surface area contributed by atoms with Crippen LogP contribution in [0.5, 0.6) is 0 Å². The van der Waals surface area contributed by atoms with E-state index in [2.05, 4.69) is 21.9 Å². The molecule has 0 bridgehead atoms. The van der Waals surface area contributed by atoms with Crippen molar-refractivity contribution >= 4 is 18.2 Å². The third kappa shape index (κ3) is 4.63. The zero-order valence-corrected chi connectivity index (χ0v) is 10.5.